The molecule has 8 nitrogen and oxygen atoms in total. The minimum atomic E-state index is -0.387. The lowest BCUT2D eigenvalue weighted by atomic mass is 9.95. The number of aromatic nitrogens is 2. The molecule has 0 fully saturated rings. The Morgan fingerprint density at radius 3 is 2.27 bits per heavy atom. The first-order valence-corrected chi connectivity index (χ1v) is 13.6. The van der Waals surface area contributed by atoms with E-state index in [9.17, 15) is 4.79 Å². The summed E-state index contributed by atoms with van der Waals surface area (Å²) >= 11 is 6.16. The number of benzene rings is 3. The molecule has 40 heavy (non-hydrogen) atoms. The molecular formula is C31H32ClN3O5. The molecule has 3 aromatic carbocycles. The molecule has 1 amide bonds. The number of amides is 1. The molecule has 0 spiro atoms. The number of hydrogen-bond donors (Lipinski definition) is 1. The van der Waals surface area contributed by atoms with Crippen LogP contribution in [-0.4, -0.2) is 55.0 Å². The van der Waals surface area contributed by atoms with Crippen LogP contribution in [0.15, 0.2) is 60.7 Å². The Morgan fingerprint density at radius 2 is 1.57 bits per heavy atom. The van der Waals surface area contributed by atoms with Gasteiger partial charge < -0.3 is 23.8 Å². The molecule has 9 heteroatoms. The summed E-state index contributed by atoms with van der Waals surface area (Å²) in [6, 6.07) is 18.7. The van der Waals surface area contributed by atoms with Gasteiger partial charge in [-0.25, -0.2) is 0 Å². The highest BCUT2D eigenvalue weighted by molar-refractivity contribution is 6.30. The van der Waals surface area contributed by atoms with Crippen molar-refractivity contribution in [2.24, 2.45) is 0 Å². The number of hydrogen-bond acceptors (Lipinski definition) is 6. The van der Waals surface area contributed by atoms with E-state index in [4.69, 9.17) is 30.5 Å². The van der Waals surface area contributed by atoms with Crippen LogP contribution >= 0.6 is 11.6 Å². The third-order valence-electron chi connectivity index (χ3n) is 6.95. The van der Waals surface area contributed by atoms with Crippen molar-refractivity contribution >= 4 is 17.5 Å². The normalized spacial score (nSPS) is 14.3. The van der Waals surface area contributed by atoms with Gasteiger partial charge in [-0.3, -0.25) is 9.89 Å². The number of halogens is 1. The summed E-state index contributed by atoms with van der Waals surface area (Å²) in [7, 11) is 3.22. The van der Waals surface area contributed by atoms with E-state index < -0.39 is 0 Å². The largest absolute Gasteiger partial charge is 0.493 e. The third-order valence-corrected chi connectivity index (χ3v) is 7.21. The van der Waals surface area contributed by atoms with Crippen molar-refractivity contribution < 1.29 is 23.7 Å². The maximum atomic E-state index is 13.8. The molecule has 1 aliphatic rings. The second-order valence-corrected chi connectivity index (χ2v) is 9.72. The SMILES string of the molecule is CCOc1ccc(C2c3c(-c4ccc(Cl)cc4)n[nH]c3C(=O)N2CCc2ccc(OC)c(OC)c2)cc1OCC. The van der Waals surface area contributed by atoms with Gasteiger partial charge >= 0.3 is 0 Å². The number of rotatable bonds is 11. The van der Waals surface area contributed by atoms with E-state index >= 15 is 0 Å². The second kappa shape index (κ2) is 11.9. The van der Waals surface area contributed by atoms with Gasteiger partial charge in [0.1, 0.15) is 5.69 Å². The first-order chi connectivity index (χ1) is 19.5. The first kappa shape index (κ1) is 27.4. The summed E-state index contributed by atoms with van der Waals surface area (Å²) in [5.41, 5.74) is 4.82. The van der Waals surface area contributed by atoms with E-state index in [0.717, 1.165) is 22.3 Å². The van der Waals surface area contributed by atoms with E-state index in [0.29, 0.717) is 65.6 Å². The first-order valence-electron chi connectivity index (χ1n) is 13.2. The van der Waals surface area contributed by atoms with Crippen molar-refractivity contribution in [3.63, 3.8) is 0 Å². The van der Waals surface area contributed by atoms with Crippen LogP contribution in [0.4, 0.5) is 0 Å². The van der Waals surface area contributed by atoms with E-state index in [-0.39, 0.29) is 11.9 Å². The summed E-state index contributed by atoms with van der Waals surface area (Å²) in [4.78, 5) is 15.7. The molecule has 208 valence electrons. The summed E-state index contributed by atoms with van der Waals surface area (Å²) in [6.45, 7) is 5.35. The number of ether oxygens (including phenoxy) is 4. The van der Waals surface area contributed by atoms with Crippen LogP contribution < -0.4 is 18.9 Å². The zero-order valence-corrected chi connectivity index (χ0v) is 23.7. The Labute approximate surface area is 238 Å². The molecule has 0 saturated carbocycles. The topological polar surface area (TPSA) is 85.9 Å². The molecule has 0 aliphatic carbocycles. The van der Waals surface area contributed by atoms with Gasteiger partial charge in [0.2, 0.25) is 0 Å². The molecular weight excluding hydrogens is 530 g/mol. The monoisotopic (exact) mass is 561 g/mol. The number of carbonyl (C=O) groups excluding carboxylic acids is 1. The van der Waals surface area contributed by atoms with Crippen molar-refractivity contribution in [1.82, 2.24) is 15.1 Å². The van der Waals surface area contributed by atoms with Crippen LogP contribution in [0.25, 0.3) is 11.3 Å². The molecule has 1 aliphatic heterocycles. The molecule has 1 N–H and O–H groups in total. The summed E-state index contributed by atoms with van der Waals surface area (Å²) in [5, 5.41) is 8.21. The van der Waals surface area contributed by atoms with E-state index in [1.807, 2.05) is 79.4 Å². The van der Waals surface area contributed by atoms with Gasteiger partial charge in [0, 0.05) is 22.7 Å². The molecule has 2 heterocycles. The fourth-order valence-electron chi connectivity index (χ4n) is 5.13. The highest BCUT2D eigenvalue weighted by Crippen LogP contribution is 2.45. The van der Waals surface area contributed by atoms with Gasteiger partial charge in [0.25, 0.3) is 5.91 Å². The van der Waals surface area contributed by atoms with Crippen LogP contribution in [-0.2, 0) is 6.42 Å². The standard InChI is InChI=1S/C31H32ClN3O5/c1-5-39-24-14-10-21(18-26(24)40-6-2)30-27-28(20-8-11-22(32)12-9-20)33-34-29(27)31(36)35(30)16-15-19-7-13-23(37-3)25(17-19)38-4/h7-14,17-18,30H,5-6,15-16H2,1-4H3,(H,33,34). The summed E-state index contributed by atoms with van der Waals surface area (Å²) in [5.74, 6) is 2.50. The van der Waals surface area contributed by atoms with Crippen molar-refractivity contribution in [3.05, 3.63) is 88.1 Å². The molecule has 4 aromatic rings. The molecule has 1 unspecified atom stereocenters. The van der Waals surface area contributed by atoms with Crippen LogP contribution in [0.1, 0.15) is 47.1 Å². The summed E-state index contributed by atoms with van der Waals surface area (Å²) in [6.07, 6.45) is 0.617. The Kier molecular flexibility index (Phi) is 8.16. The van der Waals surface area contributed by atoms with E-state index in [2.05, 4.69) is 10.2 Å². The van der Waals surface area contributed by atoms with Crippen molar-refractivity contribution in [2.45, 2.75) is 26.3 Å². The van der Waals surface area contributed by atoms with E-state index in [1.165, 1.54) is 0 Å². The van der Waals surface area contributed by atoms with Crippen molar-refractivity contribution in [1.29, 1.82) is 0 Å². The number of methoxy groups -OCH3 is 2. The zero-order chi connectivity index (χ0) is 28.2. The lowest BCUT2D eigenvalue weighted by Crippen LogP contribution is -2.31. The predicted molar refractivity (Wildman–Crippen MR) is 154 cm³/mol. The van der Waals surface area contributed by atoms with Crippen molar-refractivity contribution in [3.8, 4) is 34.3 Å². The molecule has 5 rings (SSSR count). The second-order valence-electron chi connectivity index (χ2n) is 9.28. The number of fused-ring (bicyclic) bond motifs is 1. The highest BCUT2D eigenvalue weighted by atomic mass is 35.5. The maximum Gasteiger partial charge on any atom is 0.273 e. The Hall–Kier alpha value is -4.17. The number of nitrogens with one attached hydrogen (secondary N) is 1. The third kappa shape index (κ3) is 5.19. The molecule has 0 saturated heterocycles. The minimum Gasteiger partial charge on any atom is -0.493 e. The smallest absolute Gasteiger partial charge is 0.273 e. The number of H-pyrrole nitrogens is 1. The fraction of sp³-hybridized carbons (Fsp3) is 0.290. The van der Waals surface area contributed by atoms with Gasteiger partial charge in [-0.05, 0) is 67.8 Å². The van der Waals surface area contributed by atoms with E-state index in [1.54, 1.807) is 14.2 Å². The molecule has 0 radical (unpaired) electrons. The van der Waals surface area contributed by atoms with Crippen LogP contribution in [0.3, 0.4) is 0 Å². The molecule has 0 bridgehead atoms. The average molecular weight is 562 g/mol. The minimum absolute atomic E-state index is 0.111. The van der Waals surface area contributed by atoms with Crippen LogP contribution in [0.2, 0.25) is 5.02 Å². The van der Waals surface area contributed by atoms with Gasteiger partial charge in [-0.1, -0.05) is 35.9 Å². The number of nitrogens with zero attached hydrogens (tertiary/aromatic N) is 2. The Bertz CT molecular complexity index is 1500. The average Bonchev–Trinajstić information content (AvgIpc) is 3.52. The fourth-order valence-corrected chi connectivity index (χ4v) is 5.25. The Morgan fingerprint density at radius 1 is 0.875 bits per heavy atom. The number of carbonyl (C=O) groups is 1. The number of aromatic amines is 1. The maximum absolute atomic E-state index is 13.8. The van der Waals surface area contributed by atoms with Gasteiger partial charge in [-0.15, -0.1) is 0 Å². The lowest BCUT2D eigenvalue weighted by molar-refractivity contribution is 0.0745. The van der Waals surface area contributed by atoms with Gasteiger partial charge in [-0.2, -0.15) is 5.10 Å². The summed E-state index contributed by atoms with van der Waals surface area (Å²) < 4.78 is 22.6. The molecule has 1 atom stereocenters. The van der Waals surface area contributed by atoms with Crippen molar-refractivity contribution in [2.75, 3.05) is 34.0 Å². The van der Waals surface area contributed by atoms with Crippen LogP contribution in [0, 0.1) is 0 Å². The Balaban J connectivity index is 1.56. The van der Waals surface area contributed by atoms with Gasteiger partial charge in [0.05, 0.1) is 39.2 Å². The van der Waals surface area contributed by atoms with Crippen LogP contribution in [0.5, 0.6) is 23.0 Å². The molecule has 1 aromatic heterocycles. The zero-order valence-electron chi connectivity index (χ0n) is 23.0. The highest BCUT2D eigenvalue weighted by Gasteiger charge is 2.42. The quantitative estimate of drug-likeness (QED) is 0.230. The lowest BCUT2D eigenvalue weighted by Gasteiger charge is -2.27. The van der Waals surface area contributed by atoms with Gasteiger partial charge in [0.15, 0.2) is 23.0 Å². The predicted octanol–water partition coefficient (Wildman–Crippen LogP) is 6.33.